The molecule has 0 aromatic heterocycles. The van der Waals surface area contributed by atoms with Crippen LogP contribution < -0.4 is 5.32 Å². The second-order valence-electron chi connectivity index (χ2n) is 23.1. The summed E-state index contributed by atoms with van der Waals surface area (Å²) in [7, 11) is 1.45. The Bertz CT molecular complexity index is 1740. The summed E-state index contributed by atoms with van der Waals surface area (Å²) in [5.41, 5.74) is 0. The quantitative estimate of drug-likeness (QED) is 0.0156. The Hall–Kier alpha value is -3.33. The second kappa shape index (κ2) is 58.9. The summed E-state index contributed by atoms with van der Waals surface area (Å²) in [5, 5.41) is 3.03. The minimum Gasteiger partial charge on any atom is -0.456 e. The zero-order valence-corrected chi connectivity index (χ0v) is 53.4. The Labute approximate surface area is 493 Å². The number of phosphoric acid groups is 1. The fourth-order valence-electron chi connectivity index (χ4n) is 9.06. The number of quaternary nitrogens is 1. The van der Waals surface area contributed by atoms with E-state index < -0.39 is 20.0 Å². The van der Waals surface area contributed by atoms with E-state index in [4.69, 9.17) is 13.8 Å². The average molecular weight is 1140 g/mol. The third-order valence-corrected chi connectivity index (χ3v) is 15.1. The van der Waals surface area contributed by atoms with Crippen molar-refractivity contribution in [3.63, 3.8) is 0 Å². The number of nitrogens with zero attached hydrogens (tertiary/aromatic N) is 1. The number of phosphoric ester groups is 1. The number of hydrogen-bond acceptors (Lipinski definition) is 6. The van der Waals surface area contributed by atoms with Gasteiger partial charge in [-0.2, -0.15) is 0 Å². The lowest BCUT2D eigenvalue weighted by Crippen LogP contribution is -2.47. The van der Waals surface area contributed by atoms with Crippen molar-refractivity contribution in [1.82, 2.24) is 5.32 Å². The fraction of sp³-hybridized carbons (Fsp3) is 0.714. The van der Waals surface area contributed by atoms with Crippen LogP contribution in [0.1, 0.15) is 271 Å². The summed E-state index contributed by atoms with van der Waals surface area (Å²) in [6.07, 6.45) is 81.0. The van der Waals surface area contributed by atoms with Crippen LogP contribution >= 0.6 is 7.82 Å². The van der Waals surface area contributed by atoms with Crippen LogP contribution in [0.25, 0.3) is 0 Å². The Morgan fingerprint density at radius 3 is 1.34 bits per heavy atom. The van der Waals surface area contributed by atoms with Crippen LogP contribution in [0.5, 0.6) is 0 Å². The summed E-state index contributed by atoms with van der Waals surface area (Å²) in [6, 6.07) is -0.878. The molecule has 80 heavy (non-hydrogen) atoms. The molecule has 0 aromatic carbocycles. The van der Waals surface area contributed by atoms with Crippen LogP contribution in [-0.4, -0.2) is 74.3 Å². The smallest absolute Gasteiger partial charge is 0.456 e. The molecule has 0 aliphatic heterocycles. The highest BCUT2D eigenvalue weighted by atomic mass is 31.2. The van der Waals surface area contributed by atoms with E-state index in [0.29, 0.717) is 17.4 Å². The summed E-state index contributed by atoms with van der Waals surface area (Å²) in [5.74, 6) is -0.557. The number of carbonyl (C=O) groups excluding carboxylic acids is 2. The van der Waals surface area contributed by atoms with Crippen molar-refractivity contribution in [3.05, 3.63) is 109 Å². The number of amides is 1. The lowest BCUT2D eigenvalue weighted by Gasteiger charge is -2.27. The standard InChI is InChI=1S/C70H123N2O7P/c1-7-10-13-16-19-22-25-28-30-32-33-34-35-36-37-38-39-41-43-45-48-51-54-57-60-63-70(74)79-68(61-58-55-52-49-46-27-24-21-18-15-12-9-3)67(66-78-80(75,76)77-65-64-72(4,5)6)71-69(73)62-59-56-53-50-47-44-42-40-31-29-26-23-20-17-14-11-8-2/h11,14,17,19-20,22-23,26,28-31,40,42,44,47,58,61,67-68H,7-10,12-13,15-16,18,21,24-25,27,32-39,41,43,45-46,48-57,59-60,62-66H2,1-6H3,(H-,71,73,75,76)/p+1/b14-11-,20-17+,22-19-,26-23+,30-28-,31-29-,42-40+,47-44+,61-58-. The van der Waals surface area contributed by atoms with Crippen molar-refractivity contribution >= 4 is 19.7 Å². The molecule has 460 valence electrons. The van der Waals surface area contributed by atoms with Gasteiger partial charge in [0.15, 0.2) is 0 Å². The number of esters is 1. The maximum atomic E-state index is 13.5. The Morgan fingerprint density at radius 1 is 0.463 bits per heavy atom. The van der Waals surface area contributed by atoms with E-state index in [1.807, 2.05) is 94.1 Å². The molecule has 0 rings (SSSR count). The molecule has 10 heteroatoms. The normalized spacial score (nSPS) is 14.3. The molecular formula is C70H124N2O7P+. The van der Waals surface area contributed by atoms with Gasteiger partial charge in [0.05, 0.1) is 33.8 Å². The molecule has 0 aromatic rings. The van der Waals surface area contributed by atoms with Crippen LogP contribution in [0.4, 0.5) is 0 Å². The molecule has 9 nitrogen and oxygen atoms in total. The monoisotopic (exact) mass is 1140 g/mol. The van der Waals surface area contributed by atoms with Crippen LogP contribution in [0, 0.1) is 0 Å². The SMILES string of the molecule is CC\C=C/C=C/C=C/C=C\C=C\C=C\CCCCCC(=O)NC(COP(=O)(O)OCC[N+](C)(C)C)C(/C=C\CCCCCCCCCCCC)OC(=O)CCCCCCCCCCCCCCCCC/C=C\C/C=C\CCCCC. The van der Waals surface area contributed by atoms with Crippen molar-refractivity contribution in [2.75, 3.05) is 40.9 Å². The second-order valence-corrected chi connectivity index (χ2v) is 24.5. The van der Waals surface area contributed by atoms with Gasteiger partial charge >= 0.3 is 13.8 Å². The Balaban J connectivity index is 5.18. The van der Waals surface area contributed by atoms with Crippen LogP contribution in [0.15, 0.2) is 109 Å². The van der Waals surface area contributed by atoms with Crippen molar-refractivity contribution in [2.45, 2.75) is 283 Å². The molecule has 3 atom stereocenters. The molecule has 1 amide bonds. The summed E-state index contributed by atoms with van der Waals surface area (Å²) < 4.78 is 30.7. The van der Waals surface area contributed by atoms with Crippen LogP contribution in [0.3, 0.4) is 0 Å². The van der Waals surface area contributed by atoms with Gasteiger partial charge in [-0.25, -0.2) is 4.57 Å². The van der Waals surface area contributed by atoms with E-state index in [1.54, 1.807) is 0 Å². The Kier molecular flexibility index (Phi) is 56.4. The highest BCUT2D eigenvalue weighted by Crippen LogP contribution is 2.43. The zero-order valence-electron chi connectivity index (χ0n) is 52.5. The highest BCUT2D eigenvalue weighted by Gasteiger charge is 2.30. The van der Waals surface area contributed by atoms with Crippen LogP contribution in [-0.2, 0) is 27.9 Å². The molecular weight excluding hydrogens is 1010 g/mol. The molecule has 0 aliphatic rings. The summed E-state index contributed by atoms with van der Waals surface area (Å²) in [6.45, 7) is 6.81. The largest absolute Gasteiger partial charge is 0.472 e. The van der Waals surface area contributed by atoms with Gasteiger partial charge in [-0.15, -0.1) is 0 Å². The first kappa shape index (κ1) is 76.7. The number of allylic oxidation sites excluding steroid dienone is 17. The van der Waals surface area contributed by atoms with Gasteiger partial charge < -0.3 is 19.4 Å². The van der Waals surface area contributed by atoms with Gasteiger partial charge in [0.2, 0.25) is 5.91 Å². The van der Waals surface area contributed by atoms with Crippen LogP contribution in [0.2, 0.25) is 0 Å². The van der Waals surface area contributed by atoms with E-state index in [-0.39, 0.29) is 37.9 Å². The molecule has 0 aliphatic carbocycles. The molecule has 0 saturated carbocycles. The maximum Gasteiger partial charge on any atom is 0.472 e. The fourth-order valence-corrected chi connectivity index (χ4v) is 9.80. The predicted molar refractivity (Wildman–Crippen MR) is 346 cm³/mol. The molecule has 2 N–H and O–H groups in total. The molecule has 0 fully saturated rings. The van der Waals surface area contributed by atoms with E-state index in [0.717, 1.165) is 70.6 Å². The zero-order chi connectivity index (χ0) is 58.6. The lowest BCUT2D eigenvalue weighted by atomic mass is 10.0. The van der Waals surface area contributed by atoms with Gasteiger partial charge in [-0.05, 0) is 83.1 Å². The Morgan fingerprint density at radius 2 is 0.850 bits per heavy atom. The van der Waals surface area contributed by atoms with Crippen molar-refractivity contribution < 1.29 is 37.3 Å². The number of rotatable bonds is 58. The molecule has 0 spiro atoms. The number of nitrogens with one attached hydrogen (secondary N) is 1. The van der Waals surface area contributed by atoms with Gasteiger partial charge in [0.1, 0.15) is 19.3 Å². The van der Waals surface area contributed by atoms with Gasteiger partial charge in [-0.3, -0.25) is 18.6 Å². The topological polar surface area (TPSA) is 111 Å². The maximum absolute atomic E-state index is 13.5. The van der Waals surface area contributed by atoms with Gasteiger partial charge in [0, 0.05) is 12.8 Å². The number of carbonyl (C=O) groups is 2. The third kappa shape index (κ3) is 59.3. The molecule has 3 unspecified atom stereocenters. The molecule has 0 radical (unpaired) electrons. The first-order chi connectivity index (χ1) is 38.9. The first-order valence-electron chi connectivity index (χ1n) is 32.8. The predicted octanol–water partition coefficient (Wildman–Crippen LogP) is 20.5. The molecule has 0 saturated heterocycles. The van der Waals surface area contributed by atoms with E-state index in [2.05, 4.69) is 62.5 Å². The van der Waals surface area contributed by atoms with E-state index >= 15 is 0 Å². The molecule has 0 bridgehead atoms. The van der Waals surface area contributed by atoms with Crippen molar-refractivity contribution in [1.29, 1.82) is 0 Å². The van der Waals surface area contributed by atoms with E-state index in [1.165, 1.54) is 161 Å². The number of likely N-dealkylation sites (N-methyl/N-ethyl adjacent to an activating group) is 1. The summed E-state index contributed by atoms with van der Waals surface area (Å²) >= 11 is 0. The third-order valence-electron chi connectivity index (χ3n) is 14.1. The number of hydrogen-bond donors (Lipinski definition) is 2. The van der Waals surface area contributed by atoms with Gasteiger partial charge in [-0.1, -0.05) is 285 Å². The van der Waals surface area contributed by atoms with Gasteiger partial charge in [0.25, 0.3) is 0 Å². The number of ether oxygens (including phenoxy) is 1. The molecule has 0 heterocycles. The highest BCUT2D eigenvalue weighted by molar-refractivity contribution is 7.47. The minimum atomic E-state index is -4.47. The summed E-state index contributed by atoms with van der Waals surface area (Å²) in [4.78, 5) is 37.8. The van der Waals surface area contributed by atoms with Crippen molar-refractivity contribution in [2.24, 2.45) is 0 Å². The van der Waals surface area contributed by atoms with E-state index in [9.17, 15) is 19.0 Å². The average Bonchev–Trinajstić information content (AvgIpc) is 3.42. The minimum absolute atomic E-state index is 0.0262. The number of unbranched alkanes of at least 4 members (excludes halogenated alkanes) is 31. The lowest BCUT2D eigenvalue weighted by molar-refractivity contribution is -0.870. The van der Waals surface area contributed by atoms with Crippen molar-refractivity contribution in [3.8, 4) is 0 Å². The first-order valence-corrected chi connectivity index (χ1v) is 34.3.